The fraction of sp³-hybridized carbons (Fsp3) is 0.167. The van der Waals surface area contributed by atoms with Gasteiger partial charge in [-0.2, -0.15) is 0 Å². The summed E-state index contributed by atoms with van der Waals surface area (Å²) in [6.45, 7) is 1.94. The molecule has 0 saturated carbocycles. The van der Waals surface area contributed by atoms with Crippen LogP contribution in [0, 0.1) is 6.92 Å². The number of thioether (sulfide) groups is 1. The minimum Gasteiger partial charge on any atom is -0.325 e. The largest absolute Gasteiger partial charge is 0.325 e. The summed E-state index contributed by atoms with van der Waals surface area (Å²) in [6, 6.07) is 13.7. The molecule has 0 aromatic heterocycles. The average molecular weight is 392 g/mol. The van der Waals surface area contributed by atoms with E-state index in [1.165, 1.54) is 0 Å². The molecular weight excluding hydrogens is 374 g/mol. The summed E-state index contributed by atoms with van der Waals surface area (Å²) in [6.07, 6.45) is 0. The molecule has 2 rings (SSSR count). The maximum atomic E-state index is 11.8. The third kappa shape index (κ3) is 6.78. The zero-order valence-corrected chi connectivity index (χ0v) is 15.6. The first kappa shape index (κ1) is 19.8. The van der Waals surface area contributed by atoms with Crippen molar-refractivity contribution in [2.45, 2.75) is 6.92 Å². The Morgan fingerprint density at radius 3 is 2.35 bits per heavy atom. The summed E-state index contributed by atoms with van der Waals surface area (Å²) in [5, 5.41) is 3.28. The summed E-state index contributed by atoms with van der Waals surface area (Å²) in [4.78, 5) is 35.4. The van der Waals surface area contributed by atoms with Gasteiger partial charge in [-0.1, -0.05) is 23.7 Å². The molecule has 0 bridgehead atoms. The van der Waals surface area contributed by atoms with Gasteiger partial charge in [0.25, 0.3) is 5.91 Å². The number of rotatable bonds is 6. The van der Waals surface area contributed by atoms with Crippen molar-refractivity contribution in [3.8, 4) is 0 Å². The summed E-state index contributed by atoms with van der Waals surface area (Å²) in [7, 11) is 0. The molecule has 0 aliphatic rings. The number of benzene rings is 2. The predicted molar refractivity (Wildman–Crippen MR) is 104 cm³/mol. The third-order valence-electron chi connectivity index (χ3n) is 3.19. The monoisotopic (exact) mass is 391 g/mol. The van der Waals surface area contributed by atoms with Crippen LogP contribution in [0.15, 0.2) is 48.5 Å². The molecule has 6 nitrogen and oxygen atoms in total. The zero-order valence-electron chi connectivity index (χ0n) is 14.0. The average Bonchev–Trinajstić information content (AvgIpc) is 2.60. The highest BCUT2D eigenvalue weighted by Gasteiger charge is 2.09. The van der Waals surface area contributed by atoms with E-state index < -0.39 is 11.8 Å². The smallest absolute Gasteiger partial charge is 0.269 e. The Balaban J connectivity index is 1.66. The van der Waals surface area contributed by atoms with Crippen LogP contribution in [0.5, 0.6) is 0 Å². The number of carbonyl (C=O) groups is 3. The fourth-order valence-electron chi connectivity index (χ4n) is 1.99. The van der Waals surface area contributed by atoms with E-state index in [4.69, 9.17) is 11.6 Å². The SMILES string of the molecule is Cc1cccc(NC(=O)CSCC(=O)NNC(=O)c2ccc(Cl)cc2)c1. The van der Waals surface area contributed by atoms with Crippen molar-refractivity contribution in [3.63, 3.8) is 0 Å². The van der Waals surface area contributed by atoms with Crippen molar-refractivity contribution in [3.05, 3.63) is 64.7 Å². The van der Waals surface area contributed by atoms with Crippen molar-refractivity contribution < 1.29 is 14.4 Å². The number of aryl methyl sites for hydroxylation is 1. The van der Waals surface area contributed by atoms with Gasteiger partial charge in [-0.15, -0.1) is 11.8 Å². The maximum absolute atomic E-state index is 11.8. The molecule has 3 amide bonds. The minimum absolute atomic E-state index is 0.0438. The van der Waals surface area contributed by atoms with E-state index in [1.807, 2.05) is 25.1 Å². The molecule has 3 N–H and O–H groups in total. The van der Waals surface area contributed by atoms with Gasteiger partial charge in [0, 0.05) is 16.3 Å². The van der Waals surface area contributed by atoms with Crippen molar-refractivity contribution in [2.75, 3.05) is 16.8 Å². The second-order valence-corrected chi connectivity index (χ2v) is 6.84. The summed E-state index contributed by atoms with van der Waals surface area (Å²) in [5.74, 6) is -0.870. The molecule has 2 aromatic carbocycles. The number of halogens is 1. The van der Waals surface area contributed by atoms with Crippen molar-refractivity contribution in [2.24, 2.45) is 0 Å². The molecule has 0 saturated heterocycles. The number of hydrazine groups is 1. The highest BCUT2D eigenvalue weighted by molar-refractivity contribution is 8.00. The second-order valence-electron chi connectivity index (χ2n) is 5.42. The number of hydrogen-bond donors (Lipinski definition) is 3. The Hall–Kier alpha value is -2.51. The maximum Gasteiger partial charge on any atom is 0.269 e. The molecule has 0 atom stereocenters. The van der Waals surface area contributed by atoms with E-state index in [0.717, 1.165) is 23.0 Å². The van der Waals surface area contributed by atoms with E-state index in [-0.39, 0.29) is 17.4 Å². The van der Waals surface area contributed by atoms with Gasteiger partial charge < -0.3 is 5.32 Å². The van der Waals surface area contributed by atoms with Gasteiger partial charge in [0.1, 0.15) is 0 Å². The lowest BCUT2D eigenvalue weighted by molar-refractivity contribution is -0.119. The topological polar surface area (TPSA) is 87.3 Å². The van der Waals surface area contributed by atoms with Crippen LogP contribution in [-0.4, -0.2) is 29.2 Å². The predicted octanol–water partition coefficient (Wildman–Crippen LogP) is 2.78. The van der Waals surface area contributed by atoms with Gasteiger partial charge in [-0.3, -0.25) is 25.2 Å². The number of hydrogen-bond acceptors (Lipinski definition) is 4. The first-order chi connectivity index (χ1) is 12.4. The second kappa shape index (κ2) is 9.84. The van der Waals surface area contributed by atoms with Crippen molar-refractivity contribution >= 4 is 46.8 Å². The number of amides is 3. The van der Waals surface area contributed by atoms with Crippen LogP contribution >= 0.6 is 23.4 Å². The molecule has 136 valence electrons. The van der Waals surface area contributed by atoms with Gasteiger partial charge in [0.2, 0.25) is 11.8 Å². The van der Waals surface area contributed by atoms with Crippen LogP contribution in [0.2, 0.25) is 5.02 Å². The minimum atomic E-state index is -0.447. The Kier molecular flexibility index (Phi) is 7.50. The van der Waals surface area contributed by atoms with E-state index in [2.05, 4.69) is 16.2 Å². The lowest BCUT2D eigenvalue weighted by Crippen LogP contribution is -2.42. The summed E-state index contributed by atoms with van der Waals surface area (Å²) >= 11 is 6.90. The lowest BCUT2D eigenvalue weighted by Gasteiger charge is -2.08. The van der Waals surface area contributed by atoms with Gasteiger partial charge in [-0.05, 0) is 48.9 Å². The molecule has 0 spiro atoms. The first-order valence-electron chi connectivity index (χ1n) is 7.73. The number of carbonyl (C=O) groups excluding carboxylic acids is 3. The first-order valence-corrected chi connectivity index (χ1v) is 9.26. The number of nitrogens with one attached hydrogen (secondary N) is 3. The van der Waals surface area contributed by atoms with E-state index in [1.54, 1.807) is 30.3 Å². The Morgan fingerprint density at radius 2 is 1.65 bits per heavy atom. The number of anilines is 1. The van der Waals surface area contributed by atoms with Crippen molar-refractivity contribution in [1.29, 1.82) is 0 Å². The summed E-state index contributed by atoms with van der Waals surface area (Å²) < 4.78 is 0. The van der Waals surface area contributed by atoms with Crippen LogP contribution in [0.1, 0.15) is 15.9 Å². The van der Waals surface area contributed by atoms with Crippen molar-refractivity contribution in [1.82, 2.24) is 10.9 Å². The molecule has 8 heteroatoms. The third-order valence-corrected chi connectivity index (χ3v) is 4.37. The van der Waals surface area contributed by atoms with Gasteiger partial charge in [0.15, 0.2) is 0 Å². The van der Waals surface area contributed by atoms with Crippen LogP contribution in [0.25, 0.3) is 0 Å². The molecule has 0 aliphatic carbocycles. The van der Waals surface area contributed by atoms with Gasteiger partial charge in [-0.25, -0.2) is 0 Å². The molecule has 26 heavy (non-hydrogen) atoms. The Labute approximate surface area is 160 Å². The molecule has 0 radical (unpaired) electrons. The van der Waals surface area contributed by atoms with Crippen LogP contribution in [0.4, 0.5) is 5.69 Å². The van der Waals surface area contributed by atoms with E-state index in [0.29, 0.717) is 10.6 Å². The van der Waals surface area contributed by atoms with Crippen LogP contribution in [-0.2, 0) is 9.59 Å². The van der Waals surface area contributed by atoms with Gasteiger partial charge in [0.05, 0.1) is 11.5 Å². The van der Waals surface area contributed by atoms with Crippen LogP contribution in [0.3, 0.4) is 0 Å². The molecular formula is C18H18ClN3O3S. The standard InChI is InChI=1S/C18H18ClN3O3S/c1-12-3-2-4-15(9-12)20-16(23)10-26-11-17(24)21-22-18(25)13-5-7-14(19)8-6-13/h2-9H,10-11H2,1H3,(H,20,23)(H,21,24)(H,22,25). The quantitative estimate of drug-likeness (QED) is 0.661. The zero-order chi connectivity index (χ0) is 18.9. The molecule has 2 aromatic rings. The van der Waals surface area contributed by atoms with Gasteiger partial charge >= 0.3 is 0 Å². The molecule has 0 unspecified atom stereocenters. The highest BCUT2D eigenvalue weighted by atomic mass is 35.5. The molecule has 0 fully saturated rings. The molecule has 0 heterocycles. The summed E-state index contributed by atoms with van der Waals surface area (Å²) in [5.41, 5.74) is 6.75. The molecule has 0 aliphatic heterocycles. The van der Waals surface area contributed by atoms with E-state index in [9.17, 15) is 14.4 Å². The van der Waals surface area contributed by atoms with E-state index >= 15 is 0 Å². The van der Waals surface area contributed by atoms with Crippen LogP contribution < -0.4 is 16.2 Å². The normalized spacial score (nSPS) is 10.1. The Bertz CT molecular complexity index is 797. The lowest BCUT2D eigenvalue weighted by atomic mass is 10.2. The Morgan fingerprint density at radius 1 is 0.962 bits per heavy atom. The fourth-order valence-corrected chi connectivity index (χ4v) is 2.74. The highest BCUT2D eigenvalue weighted by Crippen LogP contribution is 2.11.